The number of aryl methyl sites for hydroxylation is 2. The molecule has 29 heavy (non-hydrogen) atoms. The van der Waals surface area contributed by atoms with Gasteiger partial charge in [0.15, 0.2) is 10.8 Å². The van der Waals surface area contributed by atoms with Crippen LogP contribution in [-0.2, 0) is 4.79 Å². The molecule has 1 amide bonds. The van der Waals surface area contributed by atoms with Gasteiger partial charge in [-0.1, -0.05) is 29.3 Å². The summed E-state index contributed by atoms with van der Waals surface area (Å²) < 4.78 is 6.42. The maximum Gasteiger partial charge on any atom is 0.236 e. The van der Waals surface area contributed by atoms with Gasteiger partial charge < -0.3 is 20.3 Å². The van der Waals surface area contributed by atoms with Crippen LogP contribution in [0.15, 0.2) is 36.4 Å². The fourth-order valence-electron chi connectivity index (χ4n) is 4.44. The molecule has 4 rings (SSSR count). The Morgan fingerprint density at radius 3 is 2.76 bits per heavy atom. The van der Waals surface area contributed by atoms with E-state index in [-0.39, 0.29) is 11.9 Å². The summed E-state index contributed by atoms with van der Waals surface area (Å²) in [7, 11) is 0. The van der Waals surface area contributed by atoms with Crippen LogP contribution >= 0.6 is 23.8 Å². The number of carbonyl (C=O) groups is 1. The Labute approximate surface area is 181 Å². The van der Waals surface area contributed by atoms with Crippen LogP contribution in [0.3, 0.4) is 0 Å². The summed E-state index contributed by atoms with van der Waals surface area (Å²) in [6, 6.07) is 11.1. The molecule has 0 aliphatic carbocycles. The summed E-state index contributed by atoms with van der Waals surface area (Å²) in [4.78, 5) is 15.5. The molecule has 0 spiro atoms. The molecule has 5 nitrogen and oxygen atoms in total. The Balaban J connectivity index is 1.78. The van der Waals surface area contributed by atoms with E-state index >= 15 is 0 Å². The second kappa shape index (κ2) is 7.18. The maximum absolute atomic E-state index is 13.6. The SMILES string of the molecule is CCN1C(=S)N[C@H]2c3cc(Cl)ccc3O[C@]1(C)[C@@H]2C(=O)Nc1ccc(C)cc1C. The Hall–Kier alpha value is -2.31. The van der Waals surface area contributed by atoms with Crippen LogP contribution in [0.1, 0.15) is 36.6 Å². The monoisotopic (exact) mass is 429 g/mol. The minimum absolute atomic E-state index is 0.122. The van der Waals surface area contributed by atoms with Gasteiger partial charge in [-0.05, 0) is 69.7 Å². The summed E-state index contributed by atoms with van der Waals surface area (Å²) in [6.07, 6.45) is 0. The number of carbonyl (C=O) groups excluding carboxylic acids is 1. The van der Waals surface area contributed by atoms with Crippen molar-refractivity contribution in [2.24, 2.45) is 5.92 Å². The highest BCUT2D eigenvalue weighted by Gasteiger charge is 2.58. The molecular formula is C22H24ClN3O2S. The molecule has 1 saturated heterocycles. The zero-order valence-corrected chi connectivity index (χ0v) is 18.4. The molecule has 2 aromatic carbocycles. The van der Waals surface area contributed by atoms with Gasteiger partial charge in [0.2, 0.25) is 5.91 Å². The lowest BCUT2D eigenvalue weighted by molar-refractivity contribution is -0.148. The molecule has 0 aromatic heterocycles. The lowest BCUT2D eigenvalue weighted by Crippen LogP contribution is -2.71. The van der Waals surface area contributed by atoms with Crippen LogP contribution in [0.25, 0.3) is 0 Å². The largest absolute Gasteiger partial charge is 0.467 e. The first kappa shape index (κ1) is 20.0. The Morgan fingerprint density at radius 2 is 2.07 bits per heavy atom. The normalized spacial score (nSPS) is 25.0. The van der Waals surface area contributed by atoms with Crippen molar-refractivity contribution in [3.8, 4) is 5.75 Å². The van der Waals surface area contributed by atoms with Crippen LogP contribution in [0, 0.1) is 19.8 Å². The molecule has 1 fully saturated rings. The third kappa shape index (κ3) is 3.24. The Bertz CT molecular complexity index is 1010. The standard InChI is InChI=1S/C22H24ClN3O2S/c1-5-26-21(29)25-19-15-11-14(23)7-9-17(15)28-22(26,4)18(19)20(27)24-16-8-6-12(2)10-13(16)3/h6-11,18-19H,5H2,1-4H3,(H,24,27)(H,25,29)/t18-,19-,22+/m0/s1. The molecule has 0 radical (unpaired) electrons. The summed E-state index contributed by atoms with van der Waals surface area (Å²) >= 11 is 11.8. The third-order valence-corrected chi connectivity index (χ3v) is 6.41. The van der Waals surface area contributed by atoms with Crippen molar-refractivity contribution in [1.82, 2.24) is 10.2 Å². The molecule has 2 aliphatic rings. The number of hydrogen-bond donors (Lipinski definition) is 2. The first-order valence-corrected chi connectivity index (χ1v) is 10.5. The van der Waals surface area contributed by atoms with Gasteiger partial charge in [-0.15, -0.1) is 0 Å². The van der Waals surface area contributed by atoms with Crippen LogP contribution in [0.4, 0.5) is 5.69 Å². The van der Waals surface area contributed by atoms with E-state index in [1.165, 1.54) is 0 Å². The Kier molecular flexibility index (Phi) is 4.95. The highest BCUT2D eigenvalue weighted by Crippen LogP contribution is 2.49. The van der Waals surface area contributed by atoms with E-state index in [2.05, 4.69) is 16.7 Å². The second-order valence-corrected chi connectivity index (χ2v) is 8.62. The molecule has 2 aromatic rings. The number of nitrogens with zero attached hydrogens (tertiary/aromatic N) is 1. The Morgan fingerprint density at radius 1 is 1.31 bits per heavy atom. The predicted molar refractivity (Wildman–Crippen MR) is 119 cm³/mol. The fourth-order valence-corrected chi connectivity index (χ4v) is 5.06. The molecule has 3 atom stereocenters. The number of thiocarbonyl (C=S) groups is 1. The van der Waals surface area contributed by atoms with Crippen molar-refractivity contribution in [2.75, 3.05) is 11.9 Å². The molecule has 152 valence electrons. The summed E-state index contributed by atoms with van der Waals surface area (Å²) in [5.41, 5.74) is 2.90. The van der Waals surface area contributed by atoms with Crippen molar-refractivity contribution < 1.29 is 9.53 Å². The van der Waals surface area contributed by atoms with Crippen molar-refractivity contribution >= 4 is 40.5 Å². The molecular weight excluding hydrogens is 406 g/mol. The third-order valence-electron chi connectivity index (χ3n) is 5.83. The minimum Gasteiger partial charge on any atom is -0.467 e. The predicted octanol–water partition coefficient (Wildman–Crippen LogP) is 4.57. The number of ether oxygens (including phenoxy) is 1. The van der Waals surface area contributed by atoms with Gasteiger partial charge in [0.05, 0.1) is 6.04 Å². The van der Waals surface area contributed by atoms with Gasteiger partial charge in [0, 0.05) is 22.8 Å². The van der Waals surface area contributed by atoms with Crippen LogP contribution in [-0.4, -0.2) is 28.2 Å². The van der Waals surface area contributed by atoms with Crippen LogP contribution < -0.4 is 15.4 Å². The van der Waals surface area contributed by atoms with E-state index in [4.69, 9.17) is 28.6 Å². The smallest absolute Gasteiger partial charge is 0.236 e. The van der Waals surface area contributed by atoms with Gasteiger partial charge in [-0.3, -0.25) is 4.79 Å². The zero-order valence-electron chi connectivity index (χ0n) is 16.9. The number of halogens is 1. The van der Waals surface area contributed by atoms with Crippen LogP contribution in [0.5, 0.6) is 5.75 Å². The number of fused-ring (bicyclic) bond motifs is 4. The topological polar surface area (TPSA) is 53.6 Å². The number of amides is 1. The van der Waals surface area contributed by atoms with Crippen molar-refractivity contribution in [1.29, 1.82) is 0 Å². The van der Waals surface area contributed by atoms with Crippen molar-refractivity contribution in [3.63, 3.8) is 0 Å². The average molecular weight is 430 g/mol. The summed E-state index contributed by atoms with van der Waals surface area (Å²) in [6.45, 7) is 8.57. The van der Waals surface area contributed by atoms with Gasteiger partial charge >= 0.3 is 0 Å². The van der Waals surface area contributed by atoms with Gasteiger partial charge in [0.25, 0.3) is 0 Å². The number of hydrogen-bond acceptors (Lipinski definition) is 3. The summed E-state index contributed by atoms with van der Waals surface area (Å²) in [5.74, 6) is 0.0651. The van der Waals surface area contributed by atoms with E-state index in [9.17, 15) is 4.79 Å². The second-order valence-electron chi connectivity index (χ2n) is 7.80. The first-order chi connectivity index (χ1) is 13.7. The van der Waals surface area contributed by atoms with Gasteiger partial charge in [-0.25, -0.2) is 0 Å². The maximum atomic E-state index is 13.6. The zero-order chi connectivity index (χ0) is 20.9. The molecule has 2 bridgehead atoms. The van der Waals surface area contributed by atoms with E-state index in [1.807, 2.05) is 56.9 Å². The number of nitrogens with one attached hydrogen (secondary N) is 2. The molecule has 0 saturated carbocycles. The molecule has 7 heteroatoms. The fraction of sp³-hybridized carbons (Fsp3) is 0.364. The van der Waals surface area contributed by atoms with Crippen LogP contribution in [0.2, 0.25) is 5.02 Å². The van der Waals surface area contributed by atoms with Gasteiger partial charge in [0.1, 0.15) is 11.7 Å². The number of benzene rings is 2. The lowest BCUT2D eigenvalue weighted by atomic mass is 9.78. The quantitative estimate of drug-likeness (QED) is 0.700. The van der Waals surface area contributed by atoms with E-state index in [0.717, 1.165) is 22.4 Å². The van der Waals surface area contributed by atoms with E-state index in [0.29, 0.717) is 22.4 Å². The first-order valence-electron chi connectivity index (χ1n) is 9.69. The molecule has 2 heterocycles. The van der Waals surface area contributed by atoms with Crippen molar-refractivity contribution in [3.05, 3.63) is 58.1 Å². The molecule has 2 aliphatic heterocycles. The average Bonchev–Trinajstić information content (AvgIpc) is 2.64. The summed E-state index contributed by atoms with van der Waals surface area (Å²) in [5, 5.41) is 7.62. The van der Waals surface area contributed by atoms with E-state index in [1.54, 1.807) is 6.07 Å². The molecule has 0 unspecified atom stereocenters. The highest BCUT2D eigenvalue weighted by atomic mass is 35.5. The number of rotatable bonds is 3. The van der Waals surface area contributed by atoms with E-state index < -0.39 is 11.6 Å². The lowest BCUT2D eigenvalue weighted by Gasteiger charge is -2.56. The number of anilines is 1. The van der Waals surface area contributed by atoms with Gasteiger partial charge in [-0.2, -0.15) is 0 Å². The highest BCUT2D eigenvalue weighted by molar-refractivity contribution is 7.80. The van der Waals surface area contributed by atoms with Crippen molar-refractivity contribution in [2.45, 2.75) is 39.5 Å². The minimum atomic E-state index is -0.911. The molecule has 2 N–H and O–H groups in total.